The lowest BCUT2D eigenvalue weighted by Crippen LogP contribution is -2.38. The van der Waals surface area contributed by atoms with Gasteiger partial charge in [0, 0.05) is 0 Å². The van der Waals surface area contributed by atoms with Crippen LogP contribution < -0.4 is 39.4 Å². The van der Waals surface area contributed by atoms with Crippen molar-refractivity contribution in [2.45, 2.75) is 5.92 Å². The van der Waals surface area contributed by atoms with E-state index < -0.39 is 11.5 Å². The van der Waals surface area contributed by atoms with E-state index in [0.29, 0.717) is 52.3 Å². The van der Waals surface area contributed by atoms with Gasteiger partial charge in [0.2, 0.25) is 0 Å². The van der Waals surface area contributed by atoms with E-state index in [1.165, 1.54) is 33.0 Å². The molecule has 0 fully saturated rings. The lowest BCUT2D eigenvalue weighted by Gasteiger charge is -2.23. The van der Waals surface area contributed by atoms with Gasteiger partial charge < -0.3 is 24.7 Å². The molecule has 1 aliphatic heterocycles. The van der Waals surface area contributed by atoms with Crippen LogP contribution in [0.1, 0.15) is 17.0 Å². The van der Waals surface area contributed by atoms with Crippen LogP contribution >= 0.6 is 43.2 Å². The molecule has 1 aromatic heterocycles. The number of hydrogen-bond acceptors (Lipinski definition) is 9. The maximum atomic E-state index is 13.5. The largest absolute Gasteiger partial charge is 0.493 e. The minimum atomic E-state index is -0.817. The van der Waals surface area contributed by atoms with Gasteiger partial charge in [0.1, 0.15) is 10.5 Å². The highest BCUT2D eigenvalue weighted by molar-refractivity contribution is 9.11. The Balaban J connectivity index is 2.03. The first-order chi connectivity index (χ1) is 18.2. The molecule has 0 saturated heterocycles. The van der Waals surface area contributed by atoms with Crippen molar-refractivity contribution in [3.05, 3.63) is 69.5 Å². The third kappa shape index (κ3) is 4.45. The van der Waals surface area contributed by atoms with Gasteiger partial charge in [-0.3, -0.25) is 9.36 Å². The van der Waals surface area contributed by atoms with Crippen molar-refractivity contribution in [2.24, 2.45) is 5.73 Å². The van der Waals surface area contributed by atoms with Crippen molar-refractivity contribution in [2.75, 3.05) is 28.4 Å². The molecular weight excluding hydrogens is 640 g/mol. The van der Waals surface area contributed by atoms with E-state index in [2.05, 4.69) is 44.0 Å². The number of nitrogens with two attached hydrogens (primary N) is 1. The number of aromatic nitrogens is 1. The first-order valence-corrected chi connectivity index (χ1v) is 13.3. The Bertz CT molecular complexity index is 1760. The molecule has 0 radical (unpaired) electrons. The van der Waals surface area contributed by atoms with E-state index in [0.717, 1.165) is 11.3 Å². The van der Waals surface area contributed by atoms with Crippen molar-refractivity contribution in [1.29, 1.82) is 10.5 Å². The predicted octanol–water partition coefficient (Wildman–Crippen LogP) is 3.42. The number of nitrogens with zero attached hydrogens (tertiary/aromatic N) is 3. The van der Waals surface area contributed by atoms with Gasteiger partial charge in [-0.1, -0.05) is 0 Å². The van der Waals surface area contributed by atoms with Gasteiger partial charge in [0.25, 0.3) is 5.56 Å². The van der Waals surface area contributed by atoms with Gasteiger partial charge in [0.15, 0.2) is 23.0 Å². The second-order valence-electron chi connectivity index (χ2n) is 7.90. The number of rotatable bonds is 6. The SMILES string of the molecule is COc1cc(/C=c2/sc3n(c2=O)C(N)=C(C#N)C(c2cc(Br)c(OC)c(OC)c2)C=3C#N)cc(Br)c1OC. The number of methoxy groups -OCH3 is 4. The van der Waals surface area contributed by atoms with Gasteiger partial charge in [-0.2, -0.15) is 10.5 Å². The van der Waals surface area contributed by atoms with Gasteiger partial charge in [-0.25, -0.2) is 0 Å². The number of fused-ring (bicyclic) bond motifs is 1. The Hall–Kier alpha value is -3.71. The van der Waals surface area contributed by atoms with Crippen LogP contribution in [0.15, 0.2) is 43.6 Å². The van der Waals surface area contributed by atoms with Crippen LogP contribution in [-0.2, 0) is 0 Å². The molecule has 3 aromatic rings. The maximum Gasteiger partial charge on any atom is 0.274 e. The summed E-state index contributed by atoms with van der Waals surface area (Å²) in [5.41, 5.74) is 7.49. The molecular formula is C26H20Br2N4O5S. The Kier molecular flexibility index (Phi) is 7.88. The number of allylic oxidation sites excluding steroid dienone is 1. The average Bonchev–Trinajstić information content (AvgIpc) is 3.23. The maximum absolute atomic E-state index is 13.5. The lowest BCUT2D eigenvalue weighted by molar-refractivity contribution is 0.352. The third-order valence-electron chi connectivity index (χ3n) is 5.93. The number of thiazole rings is 1. The minimum Gasteiger partial charge on any atom is -0.493 e. The van der Waals surface area contributed by atoms with Gasteiger partial charge in [-0.05, 0) is 73.3 Å². The van der Waals surface area contributed by atoms with Crippen LogP contribution in [0.5, 0.6) is 23.0 Å². The molecule has 0 saturated carbocycles. The van der Waals surface area contributed by atoms with Crippen LogP contribution in [0.2, 0.25) is 0 Å². The molecule has 12 heteroatoms. The van der Waals surface area contributed by atoms with Gasteiger partial charge in [0.05, 0.1) is 71.1 Å². The summed E-state index contributed by atoms with van der Waals surface area (Å²) in [5, 5.41) is 20.3. The van der Waals surface area contributed by atoms with Crippen molar-refractivity contribution < 1.29 is 18.9 Å². The number of benzene rings is 2. The van der Waals surface area contributed by atoms with Crippen molar-refractivity contribution >= 4 is 60.7 Å². The topological polar surface area (TPSA) is 133 Å². The molecule has 0 amide bonds. The number of nitriles is 2. The summed E-state index contributed by atoms with van der Waals surface area (Å²) < 4.78 is 24.7. The molecule has 2 heterocycles. The summed E-state index contributed by atoms with van der Waals surface area (Å²) in [6.45, 7) is 0. The van der Waals surface area contributed by atoms with Crippen LogP contribution in [0.3, 0.4) is 0 Å². The van der Waals surface area contributed by atoms with E-state index in [4.69, 9.17) is 24.7 Å². The summed E-state index contributed by atoms with van der Waals surface area (Å²) in [6, 6.07) is 11.2. The second kappa shape index (κ2) is 11.0. The number of ether oxygens (including phenoxy) is 4. The molecule has 1 aliphatic rings. The molecule has 0 aliphatic carbocycles. The molecule has 9 nitrogen and oxygen atoms in total. The molecule has 2 aromatic carbocycles. The highest BCUT2D eigenvalue weighted by Gasteiger charge is 2.33. The smallest absolute Gasteiger partial charge is 0.274 e. The van der Waals surface area contributed by atoms with Crippen LogP contribution in [0, 0.1) is 22.7 Å². The van der Waals surface area contributed by atoms with E-state index in [-0.39, 0.29) is 17.0 Å². The number of hydrogen-bond donors (Lipinski definition) is 1. The Labute approximate surface area is 238 Å². The van der Waals surface area contributed by atoms with E-state index >= 15 is 0 Å². The number of halogens is 2. The van der Waals surface area contributed by atoms with Crippen LogP contribution in [0.4, 0.5) is 0 Å². The van der Waals surface area contributed by atoms with Crippen molar-refractivity contribution in [1.82, 2.24) is 4.57 Å². The van der Waals surface area contributed by atoms with E-state index in [1.807, 2.05) is 0 Å². The lowest BCUT2D eigenvalue weighted by atomic mass is 9.84. The average molecular weight is 660 g/mol. The monoisotopic (exact) mass is 658 g/mol. The standard InChI is InChI=1S/C26H20Br2N4O5S/c1-34-18-6-12(5-16(27)22(18)36-3)7-20-25(33)32-24(31)14(10-29)21(15(11-30)26(32)38-20)13-8-17(28)23(37-4)19(9-13)35-2/h5-9,21H,31H2,1-4H3/b20-7+. The van der Waals surface area contributed by atoms with Crippen molar-refractivity contribution in [3.63, 3.8) is 0 Å². The first kappa shape index (κ1) is 27.3. The van der Waals surface area contributed by atoms with Gasteiger partial charge >= 0.3 is 0 Å². The highest BCUT2D eigenvalue weighted by atomic mass is 79.9. The Morgan fingerprint density at radius 2 is 1.50 bits per heavy atom. The molecule has 194 valence electrons. The fourth-order valence-corrected chi connectivity index (χ4v) is 6.63. The predicted molar refractivity (Wildman–Crippen MR) is 151 cm³/mol. The molecule has 4 rings (SSSR count). The zero-order valence-electron chi connectivity index (χ0n) is 20.6. The summed E-state index contributed by atoms with van der Waals surface area (Å²) in [7, 11) is 6.04. The summed E-state index contributed by atoms with van der Waals surface area (Å²) >= 11 is 8.04. The fourth-order valence-electron chi connectivity index (χ4n) is 4.26. The third-order valence-corrected chi connectivity index (χ3v) is 8.22. The molecule has 2 N–H and O–H groups in total. The zero-order valence-corrected chi connectivity index (χ0v) is 24.6. The molecule has 0 spiro atoms. The van der Waals surface area contributed by atoms with Crippen LogP contribution in [-0.4, -0.2) is 33.0 Å². The van der Waals surface area contributed by atoms with E-state index in [1.54, 1.807) is 30.3 Å². The van der Waals surface area contributed by atoms with Crippen LogP contribution in [0.25, 0.3) is 17.5 Å². The normalized spacial score (nSPS) is 15.0. The fraction of sp³-hybridized carbons (Fsp3) is 0.192. The molecule has 1 atom stereocenters. The highest BCUT2D eigenvalue weighted by Crippen LogP contribution is 2.43. The summed E-state index contributed by atoms with van der Waals surface area (Å²) in [5.74, 6) is 1.01. The zero-order chi connectivity index (χ0) is 27.7. The minimum absolute atomic E-state index is 0.0354. The summed E-state index contributed by atoms with van der Waals surface area (Å²) in [6.07, 6.45) is 1.67. The molecule has 0 bridgehead atoms. The second-order valence-corrected chi connectivity index (χ2v) is 10.6. The van der Waals surface area contributed by atoms with Crippen molar-refractivity contribution in [3.8, 4) is 35.1 Å². The molecule has 38 heavy (non-hydrogen) atoms. The Morgan fingerprint density at radius 1 is 0.921 bits per heavy atom. The quantitative estimate of drug-likeness (QED) is 0.426. The molecule has 1 unspecified atom stereocenters. The summed E-state index contributed by atoms with van der Waals surface area (Å²) in [4.78, 5) is 13.5. The first-order valence-electron chi connectivity index (χ1n) is 10.8. The Morgan fingerprint density at radius 3 is 2.05 bits per heavy atom. The van der Waals surface area contributed by atoms with Gasteiger partial charge in [-0.15, -0.1) is 11.3 Å². The van der Waals surface area contributed by atoms with E-state index in [9.17, 15) is 15.3 Å².